The van der Waals surface area contributed by atoms with Gasteiger partial charge in [-0.05, 0) is 31.7 Å². The zero-order valence-electron chi connectivity index (χ0n) is 12.7. The monoisotopic (exact) mass is 289 g/mol. The number of para-hydroxylation sites is 1. The number of hydrogen-bond donors (Lipinski definition) is 1. The smallest absolute Gasteiger partial charge is 0.257 e. The number of nitrogens with zero attached hydrogens (tertiary/aromatic N) is 1. The van der Waals surface area contributed by atoms with Crippen LogP contribution in [0.1, 0.15) is 48.5 Å². The van der Waals surface area contributed by atoms with Gasteiger partial charge in [0.05, 0.1) is 5.56 Å². The summed E-state index contributed by atoms with van der Waals surface area (Å²) in [7, 11) is 0. The maximum absolute atomic E-state index is 12.8. The van der Waals surface area contributed by atoms with Gasteiger partial charge in [0.15, 0.2) is 0 Å². The molecule has 1 aromatic carbocycles. The molecule has 2 aliphatic rings. The second-order valence-electron chi connectivity index (χ2n) is 6.25. The SMILES string of the molecule is CC1Oc2c(C(=O)N3CCC(CCO)C3)cccc2C1C. The Morgan fingerprint density at radius 3 is 3.00 bits per heavy atom. The van der Waals surface area contributed by atoms with Gasteiger partial charge in [-0.3, -0.25) is 4.79 Å². The zero-order valence-corrected chi connectivity index (χ0v) is 12.7. The summed E-state index contributed by atoms with van der Waals surface area (Å²) in [6.45, 7) is 5.90. The summed E-state index contributed by atoms with van der Waals surface area (Å²) in [6.07, 6.45) is 1.88. The van der Waals surface area contributed by atoms with Crippen molar-refractivity contribution >= 4 is 5.91 Å². The Kier molecular flexibility index (Phi) is 3.89. The molecule has 1 aromatic rings. The van der Waals surface area contributed by atoms with Gasteiger partial charge < -0.3 is 14.7 Å². The summed E-state index contributed by atoms with van der Waals surface area (Å²) in [6, 6.07) is 5.87. The first-order valence-corrected chi connectivity index (χ1v) is 7.81. The van der Waals surface area contributed by atoms with Crippen molar-refractivity contribution in [2.75, 3.05) is 19.7 Å². The van der Waals surface area contributed by atoms with E-state index in [1.165, 1.54) is 0 Å². The van der Waals surface area contributed by atoms with Gasteiger partial charge in [0.1, 0.15) is 11.9 Å². The minimum Gasteiger partial charge on any atom is -0.489 e. The summed E-state index contributed by atoms with van der Waals surface area (Å²) >= 11 is 0. The fraction of sp³-hybridized carbons (Fsp3) is 0.588. The Bertz CT molecular complexity index is 543. The summed E-state index contributed by atoms with van der Waals surface area (Å²) in [4.78, 5) is 14.6. The Hall–Kier alpha value is -1.55. The van der Waals surface area contributed by atoms with Crippen LogP contribution in [0.5, 0.6) is 5.75 Å². The summed E-state index contributed by atoms with van der Waals surface area (Å²) in [5.41, 5.74) is 1.83. The number of carbonyl (C=O) groups is 1. The van der Waals surface area contributed by atoms with Gasteiger partial charge in [0, 0.05) is 31.2 Å². The molecule has 0 spiro atoms. The molecule has 114 valence electrons. The van der Waals surface area contributed by atoms with E-state index in [-0.39, 0.29) is 18.6 Å². The predicted octanol–water partition coefficient (Wildman–Crippen LogP) is 2.42. The van der Waals surface area contributed by atoms with Crippen LogP contribution in [0.2, 0.25) is 0 Å². The molecule has 2 heterocycles. The molecule has 0 bridgehead atoms. The van der Waals surface area contributed by atoms with Crippen LogP contribution in [0.15, 0.2) is 18.2 Å². The Balaban J connectivity index is 1.81. The number of aliphatic hydroxyl groups excluding tert-OH is 1. The van der Waals surface area contributed by atoms with Crippen molar-refractivity contribution < 1.29 is 14.6 Å². The highest BCUT2D eigenvalue weighted by molar-refractivity contribution is 5.97. The van der Waals surface area contributed by atoms with Crippen molar-refractivity contribution in [3.05, 3.63) is 29.3 Å². The molecule has 0 radical (unpaired) electrons. The van der Waals surface area contributed by atoms with Gasteiger partial charge in [-0.25, -0.2) is 0 Å². The van der Waals surface area contributed by atoms with E-state index < -0.39 is 0 Å². The van der Waals surface area contributed by atoms with E-state index in [2.05, 4.69) is 13.0 Å². The van der Waals surface area contributed by atoms with Crippen molar-refractivity contribution in [2.24, 2.45) is 5.92 Å². The lowest BCUT2D eigenvalue weighted by molar-refractivity contribution is 0.0779. The molecule has 0 aliphatic carbocycles. The lowest BCUT2D eigenvalue weighted by Crippen LogP contribution is -2.29. The molecule has 0 saturated carbocycles. The van der Waals surface area contributed by atoms with Crippen LogP contribution in [0, 0.1) is 5.92 Å². The number of ether oxygens (including phenoxy) is 1. The van der Waals surface area contributed by atoms with E-state index in [0.29, 0.717) is 17.4 Å². The number of fused-ring (bicyclic) bond motifs is 1. The number of hydrogen-bond acceptors (Lipinski definition) is 3. The predicted molar refractivity (Wildman–Crippen MR) is 80.7 cm³/mol. The third-order valence-corrected chi connectivity index (χ3v) is 4.88. The van der Waals surface area contributed by atoms with E-state index in [1.54, 1.807) is 0 Å². The average molecular weight is 289 g/mol. The molecule has 1 fully saturated rings. The molecule has 3 atom stereocenters. The molecule has 1 saturated heterocycles. The summed E-state index contributed by atoms with van der Waals surface area (Å²) in [5.74, 6) is 1.59. The Morgan fingerprint density at radius 2 is 2.24 bits per heavy atom. The largest absolute Gasteiger partial charge is 0.489 e. The molecule has 1 N–H and O–H groups in total. The van der Waals surface area contributed by atoms with E-state index >= 15 is 0 Å². The highest BCUT2D eigenvalue weighted by Crippen LogP contribution is 2.40. The number of amides is 1. The van der Waals surface area contributed by atoms with Gasteiger partial charge in [-0.2, -0.15) is 0 Å². The Morgan fingerprint density at radius 1 is 1.43 bits per heavy atom. The van der Waals surface area contributed by atoms with Crippen LogP contribution >= 0.6 is 0 Å². The summed E-state index contributed by atoms with van der Waals surface area (Å²) < 4.78 is 5.92. The van der Waals surface area contributed by atoms with Gasteiger partial charge in [-0.15, -0.1) is 0 Å². The zero-order chi connectivity index (χ0) is 15.0. The minimum absolute atomic E-state index is 0.0635. The molecule has 4 heteroatoms. The maximum Gasteiger partial charge on any atom is 0.257 e. The highest BCUT2D eigenvalue weighted by atomic mass is 16.5. The topological polar surface area (TPSA) is 49.8 Å². The average Bonchev–Trinajstić information content (AvgIpc) is 3.05. The number of benzene rings is 1. The molecule has 21 heavy (non-hydrogen) atoms. The van der Waals surface area contributed by atoms with Crippen molar-refractivity contribution in [1.82, 2.24) is 4.90 Å². The number of likely N-dealkylation sites (tertiary alicyclic amines) is 1. The normalized spacial score (nSPS) is 27.6. The van der Waals surface area contributed by atoms with Crippen molar-refractivity contribution in [1.29, 1.82) is 0 Å². The fourth-order valence-corrected chi connectivity index (χ4v) is 3.36. The highest BCUT2D eigenvalue weighted by Gasteiger charge is 2.34. The Labute approximate surface area is 125 Å². The van der Waals surface area contributed by atoms with Crippen molar-refractivity contribution in [3.63, 3.8) is 0 Å². The van der Waals surface area contributed by atoms with E-state index in [1.807, 2.05) is 24.0 Å². The lowest BCUT2D eigenvalue weighted by Gasteiger charge is -2.18. The van der Waals surface area contributed by atoms with Crippen LogP contribution in [-0.2, 0) is 0 Å². The molecular formula is C17H23NO3. The van der Waals surface area contributed by atoms with Crippen LogP contribution in [-0.4, -0.2) is 41.7 Å². The maximum atomic E-state index is 12.8. The summed E-state index contributed by atoms with van der Waals surface area (Å²) in [5, 5.41) is 9.03. The first kappa shape index (κ1) is 14.4. The molecule has 4 nitrogen and oxygen atoms in total. The van der Waals surface area contributed by atoms with Crippen LogP contribution in [0.3, 0.4) is 0 Å². The molecule has 2 aliphatic heterocycles. The van der Waals surface area contributed by atoms with Crippen LogP contribution < -0.4 is 4.74 Å². The van der Waals surface area contributed by atoms with Crippen LogP contribution in [0.4, 0.5) is 0 Å². The molecule has 3 unspecified atom stereocenters. The van der Waals surface area contributed by atoms with Crippen molar-refractivity contribution in [3.8, 4) is 5.75 Å². The van der Waals surface area contributed by atoms with Gasteiger partial charge >= 0.3 is 0 Å². The first-order valence-electron chi connectivity index (χ1n) is 7.81. The van der Waals surface area contributed by atoms with Crippen molar-refractivity contribution in [2.45, 2.75) is 38.7 Å². The first-order chi connectivity index (χ1) is 10.1. The van der Waals surface area contributed by atoms with Crippen LogP contribution in [0.25, 0.3) is 0 Å². The standard InChI is InChI=1S/C17H23NO3/c1-11-12(2)21-16-14(11)4-3-5-15(16)17(20)18-8-6-13(10-18)7-9-19/h3-5,11-13,19H,6-10H2,1-2H3. The number of carbonyl (C=O) groups excluding carboxylic acids is 1. The van der Waals surface area contributed by atoms with E-state index in [0.717, 1.165) is 37.2 Å². The molecular weight excluding hydrogens is 266 g/mol. The van der Waals surface area contributed by atoms with E-state index in [4.69, 9.17) is 9.84 Å². The second kappa shape index (κ2) is 5.68. The molecule has 3 rings (SSSR count). The second-order valence-corrected chi connectivity index (χ2v) is 6.25. The van der Waals surface area contributed by atoms with E-state index in [9.17, 15) is 4.79 Å². The van der Waals surface area contributed by atoms with Gasteiger partial charge in [-0.1, -0.05) is 19.1 Å². The number of rotatable bonds is 3. The lowest BCUT2D eigenvalue weighted by atomic mass is 9.96. The number of aliphatic hydroxyl groups is 1. The molecule has 1 amide bonds. The van der Waals surface area contributed by atoms with Gasteiger partial charge in [0.2, 0.25) is 0 Å². The third kappa shape index (κ3) is 2.53. The third-order valence-electron chi connectivity index (χ3n) is 4.88. The van der Waals surface area contributed by atoms with Gasteiger partial charge in [0.25, 0.3) is 5.91 Å². The molecule has 0 aromatic heterocycles. The fourth-order valence-electron chi connectivity index (χ4n) is 3.36. The quantitative estimate of drug-likeness (QED) is 0.929. The minimum atomic E-state index is 0.0635.